The normalized spacial score (nSPS) is 12.2. The third-order valence-electron chi connectivity index (χ3n) is 3.86. The van der Waals surface area contributed by atoms with Crippen molar-refractivity contribution in [2.75, 3.05) is 21.2 Å². The number of rotatable bonds is 7. The SMILES string of the molecule is COc1ccccc1C(=O)CC[C@H](c1ccccc1)N(C)C. The maximum Gasteiger partial charge on any atom is 0.166 e. The van der Waals surface area contributed by atoms with Gasteiger partial charge in [-0.15, -0.1) is 0 Å². The molecule has 3 nitrogen and oxygen atoms in total. The lowest BCUT2D eigenvalue weighted by molar-refractivity contribution is 0.0965. The van der Waals surface area contributed by atoms with Crippen molar-refractivity contribution in [3.05, 3.63) is 65.7 Å². The number of para-hydroxylation sites is 1. The second-order valence-electron chi connectivity index (χ2n) is 5.55. The van der Waals surface area contributed by atoms with Gasteiger partial charge in [-0.3, -0.25) is 4.79 Å². The van der Waals surface area contributed by atoms with E-state index in [0.717, 1.165) is 6.42 Å². The van der Waals surface area contributed by atoms with E-state index in [1.807, 2.05) is 56.6 Å². The van der Waals surface area contributed by atoms with E-state index in [1.165, 1.54) is 5.56 Å². The first-order valence-electron chi connectivity index (χ1n) is 7.51. The topological polar surface area (TPSA) is 29.5 Å². The molecule has 0 spiro atoms. The van der Waals surface area contributed by atoms with E-state index in [9.17, 15) is 4.79 Å². The van der Waals surface area contributed by atoms with Crippen molar-refractivity contribution in [2.45, 2.75) is 18.9 Å². The van der Waals surface area contributed by atoms with E-state index >= 15 is 0 Å². The summed E-state index contributed by atoms with van der Waals surface area (Å²) in [5.74, 6) is 0.772. The Morgan fingerprint density at radius 2 is 1.68 bits per heavy atom. The van der Waals surface area contributed by atoms with Crippen molar-refractivity contribution in [3.63, 3.8) is 0 Å². The number of benzene rings is 2. The molecule has 0 heterocycles. The van der Waals surface area contributed by atoms with Crippen molar-refractivity contribution in [1.82, 2.24) is 4.90 Å². The zero-order valence-corrected chi connectivity index (χ0v) is 13.5. The molecular formula is C19H23NO2. The standard InChI is InChI=1S/C19H23NO2/c1-20(2)17(15-9-5-4-6-10-15)13-14-18(21)16-11-7-8-12-19(16)22-3/h4-12,17H,13-14H2,1-3H3/t17-/m1/s1. The fourth-order valence-corrected chi connectivity index (χ4v) is 2.68. The molecule has 0 aliphatic heterocycles. The number of ketones is 1. The van der Waals surface area contributed by atoms with Crippen LogP contribution in [0.1, 0.15) is 34.8 Å². The molecule has 1 atom stereocenters. The second-order valence-corrected chi connectivity index (χ2v) is 5.55. The van der Waals surface area contributed by atoms with Gasteiger partial charge in [0.15, 0.2) is 5.78 Å². The summed E-state index contributed by atoms with van der Waals surface area (Å²) in [6, 6.07) is 17.9. The van der Waals surface area contributed by atoms with Gasteiger partial charge in [-0.2, -0.15) is 0 Å². The highest BCUT2D eigenvalue weighted by Gasteiger charge is 2.17. The smallest absolute Gasteiger partial charge is 0.166 e. The minimum atomic E-state index is 0.125. The molecule has 22 heavy (non-hydrogen) atoms. The number of carbonyl (C=O) groups is 1. The molecule has 2 aromatic carbocycles. The predicted molar refractivity (Wildman–Crippen MR) is 89.4 cm³/mol. The number of Topliss-reactive ketones (excluding diaryl/α,β-unsaturated/α-hetero) is 1. The van der Waals surface area contributed by atoms with Crippen LogP contribution < -0.4 is 4.74 Å². The van der Waals surface area contributed by atoms with Gasteiger partial charge < -0.3 is 9.64 Å². The third-order valence-corrected chi connectivity index (χ3v) is 3.86. The molecule has 0 aliphatic rings. The van der Waals surface area contributed by atoms with Crippen LogP contribution in [0.3, 0.4) is 0 Å². The highest BCUT2D eigenvalue weighted by Crippen LogP contribution is 2.26. The van der Waals surface area contributed by atoms with Crippen molar-refractivity contribution >= 4 is 5.78 Å². The van der Waals surface area contributed by atoms with E-state index in [4.69, 9.17) is 4.74 Å². The molecule has 0 aliphatic carbocycles. The molecule has 0 radical (unpaired) electrons. The van der Waals surface area contributed by atoms with Crippen LogP contribution in [0.2, 0.25) is 0 Å². The molecule has 0 bridgehead atoms. The monoisotopic (exact) mass is 297 g/mol. The Hall–Kier alpha value is -2.13. The fraction of sp³-hybridized carbons (Fsp3) is 0.316. The van der Waals surface area contributed by atoms with Gasteiger partial charge in [-0.25, -0.2) is 0 Å². The van der Waals surface area contributed by atoms with Gasteiger partial charge in [0.1, 0.15) is 5.75 Å². The molecule has 116 valence electrons. The molecule has 0 amide bonds. The van der Waals surface area contributed by atoms with E-state index in [0.29, 0.717) is 17.7 Å². The van der Waals surface area contributed by atoms with Crippen LogP contribution in [0.5, 0.6) is 5.75 Å². The molecule has 0 unspecified atom stereocenters. The molecule has 0 fully saturated rings. The Balaban J connectivity index is 2.08. The maximum absolute atomic E-state index is 12.5. The number of methoxy groups -OCH3 is 1. The number of nitrogens with zero attached hydrogens (tertiary/aromatic N) is 1. The zero-order valence-electron chi connectivity index (χ0n) is 13.5. The quantitative estimate of drug-likeness (QED) is 0.724. The van der Waals surface area contributed by atoms with Crippen LogP contribution in [0.15, 0.2) is 54.6 Å². The molecule has 0 N–H and O–H groups in total. The number of hydrogen-bond acceptors (Lipinski definition) is 3. The van der Waals surface area contributed by atoms with Crippen LogP contribution in [-0.2, 0) is 0 Å². The number of hydrogen-bond donors (Lipinski definition) is 0. The van der Waals surface area contributed by atoms with Crippen LogP contribution in [0.25, 0.3) is 0 Å². The third kappa shape index (κ3) is 3.95. The summed E-state index contributed by atoms with van der Waals surface area (Å²) in [5, 5.41) is 0. The summed E-state index contributed by atoms with van der Waals surface area (Å²) in [5.41, 5.74) is 1.90. The lowest BCUT2D eigenvalue weighted by Crippen LogP contribution is -2.21. The Labute approximate surface area is 132 Å². The first-order chi connectivity index (χ1) is 10.6. The van der Waals surface area contributed by atoms with Crippen molar-refractivity contribution < 1.29 is 9.53 Å². The molecule has 0 saturated heterocycles. The molecule has 3 heteroatoms. The first kappa shape index (κ1) is 16.2. The fourth-order valence-electron chi connectivity index (χ4n) is 2.68. The van der Waals surface area contributed by atoms with Gasteiger partial charge in [-0.05, 0) is 38.2 Å². The van der Waals surface area contributed by atoms with Crippen LogP contribution in [-0.4, -0.2) is 31.9 Å². The van der Waals surface area contributed by atoms with E-state index in [1.54, 1.807) is 7.11 Å². The predicted octanol–water partition coefficient (Wildman–Crippen LogP) is 3.96. The van der Waals surface area contributed by atoms with Crippen LogP contribution >= 0.6 is 0 Å². The van der Waals surface area contributed by atoms with Gasteiger partial charge in [-0.1, -0.05) is 42.5 Å². The van der Waals surface area contributed by atoms with Gasteiger partial charge >= 0.3 is 0 Å². The first-order valence-corrected chi connectivity index (χ1v) is 7.51. The molecular weight excluding hydrogens is 274 g/mol. The van der Waals surface area contributed by atoms with Gasteiger partial charge in [0.25, 0.3) is 0 Å². The summed E-state index contributed by atoms with van der Waals surface area (Å²) in [6.45, 7) is 0. The average Bonchev–Trinajstić information content (AvgIpc) is 2.55. The summed E-state index contributed by atoms with van der Waals surface area (Å²) in [4.78, 5) is 14.6. The Morgan fingerprint density at radius 1 is 1.05 bits per heavy atom. The zero-order chi connectivity index (χ0) is 15.9. The van der Waals surface area contributed by atoms with Crippen molar-refractivity contribution in [1.29, 1.82) is 0 Å². The molecule has 2 rings (SSSR count). The van der Waals surface area contributed by atoms with Crippen LogP contribution in [0.4, 0.5) is 0 Å². The van der Waals surface area contributed by atoms with Crippen molar-refractivity contribution in [2.24, 2.45) is 0 Å². The largest absolute Gasteiger partial charge is 0.496 e. The number of ether oxygens (including phenoxy) is 1. The minimum absolute atomic E-state index is 0.125. The van der Waals surface area contributed by atoms with Crippen LogP contribution in [0, 0.1) is 0 Å². The minimum Gasteiger partial charge on any atom is -0.496 e. The number of carbonyl (C=O) groups excluding carboxylic acids is 1. The Morgan fingerprint density at radius 3 is 2.32 bits per heavy atom. The lowest BCUT2D eigenvalue weighted by Gasteiger charge is -2.24. The van der Waals surface area contributed by atoms with Gasteiger partial charge in [0.05, 0.1) is 12.7 Å². The molecule has 0 saturated carbocycles. The van der Waals surface area contributed by atoms with E-state index in [-0.39, 0.29) is 11.8 Å². The summed E-state index contributed by atoms with van der Waals surface area (Å²) >= 11 is 0. The van der Waals surface area contributed by atoms with E-state index < -0.39 is 0 Å². The Bertz CT molecular complexity index is 608. The van der Waals surface area contributed by atoms with Gasteiger partial charge in [0, 0.05) is 12.5 Å². The van der Waals surface area contributed by atoms with Crippen molar-refractivity contribution in [3.8, 4) is 5.75 Å². The summed E-state index contributed by atoms with van der Waals surface area (Å²) < 4.78 is 5.27. The second kappa shape index (κ2) is 7.76. The summed E-state index contributed by atoms with van der Waals surface area (Å²) in [6.07, 6.45) is 1.28. The highest BCUT2D eigenvalue weighted by atomic mass is 16.5. The lowest BCUT2D eigenvalue weighted by atomic mass is 9.97. The van der Waals surface area contributed by atoms with Gasteiger partial charge in [0.2, 0.25) is 0 Å². The maximum atomic E-state index is 12.5. The molecule has 2 aromatic rings. The van der Waals surface area contributed by atoms with E-state index in [2.05, 4.69) is 17.0 Å². The highest BCUT2D eigenvalue weighted by molar-refractivity contribution is 5.98. The Kier molecular flexibility index (Phi) is 5.73. The summed E-state index contributed by atoms with van der Waals surface area (Å²) in [7, 11) is 5.69. The average molecular weight is 297 g/mol. The molecule has 0 aromatic heterocycles.